The smallest absolute Gasteiger partial charge is 0.191 e. The van der Waals surface area contributed by atoms with E-state index in [0.717, 1.165) is 56.7 Å². The molecule has 27 heavy (non-hydrogen) atoms. The predicted molar refractivity (Wildman–Crippen MR) is 115 cm³/mol. The minimum atomic E-state index is -0.653. The first kappa shape index (κ1) is 20.9. The Bertz CT molecular complexity index is 591. The van der Waals surface area contributed by atoms with Crippen molar-refractivity contribution in [2.75, 3.05) is 50.8 Å². The number of nitrogens with one attached hydrogen (secondary N) is 2. The highest BCUT2D eigenvalue weighted by atomic mass is 32.2. The van der Waals surface area contributed by atoms with Crippen molar-refractivity contribution in [3.63, 3.8) is 0 Å². The maximum absolute atomic E-state index is 10.6. The average Bonchev–Trinajstić information content (AvgIpc) is 3.32. The van der Waals surface area contributed by atoms with E-state index in [2.05, 4.69) is 51.9 Å². The normalized spacial score (nSPS) is 28.3. The molecule has 0 aromatic carbocycles. The first-order valence-corrected chi connectivity index (χ1v) is 11.8. The highest BCUT2D eigenvalue weighted by Crippen LogP contribution is 2.28. The molecule has 0 radical (unpaired) electrons. The summed E-state index contributed by atoms with van der Waals surface area (Å²) in [6.45, 7) is 8.90. The zero-order chi connectivity index (χ0) is 19.1. The Hall–Kier alpha value is -0.800. The Morgan fingerprint density at radius 1 is 1.52 bits per heavy atom. The van der Waals surface area contributed by atoms with E-state index in [1.165, 1.54) is 4.88 Å². The third-order valence-corrected chi connectivity index (χ3v) is 7.21. The number of hydrogen-bond acceptors (Lipinski definition) is 6. The maximum Gasteiger partial charge on any atom is 0.191 e. The van der Waals surface area contributed by atoms with Gasteiger partial charge >= 0.3 is 0 Å². The molecule has 152 valence electrons. The van der Waals surface area contributed by atoms with Gasteiger partial charge in [0.05, 0.1) is 30.9 Å². The minimum absolute atomic E-state index is 0.261. The SMILES string of the molecule is CCNC(=NCC1(O)CCSC1)NCC(c1cccs1)N1CCOC(C)C1. The van der Waals surface area contributed by atoms with Gasteiger partial charge in [0.2, 0.25) is 0 Å². The Kier molecular flexibility index (Phi) is 7.84. The molecule has 3 unspecified atom stereocenters. The summed E-state index contributed by atoms with van der Waals surface area (Å²) < 4.78 is 5.72. The van der Waals surface area contributed by atoms with Crippen LogP contribution in [0.5, 0.6) is 0 Å². The van der Waals surface area contributed by atoms with Crippen LogP contribution in [0, 0.1) is 0 Å². The van der Waals surface area contributed by atoms with E-state index in [4.69, 9.17) is 4.74 Å². The molecule has 0 saturated carbocycles. The summed E-state index contributed by atoms with van der Waals surface area (Å²) in [5, 5.41) is 19.5. The fourth-order valence-corrected chi connectivity index (χ4v) is 5.65. The monoisotopic (exact) mass is 412 g/mol. The van der Waals surface area contributed by atoms with E-state index in [0.29, 0.717) is 12.6 Å². The van der Waals surface area contributed by atoms with Gasteiger partial charge in [-0.3, -0.25) is 9.89 Å². The van der Waals surface area contributed by atoms with Crippen molar-refractivity contribution < 1.29 is 9.84 Å². The van der Waals surface area contributed by atoms with Crippen molar-refractivity contribution in [2.24, 2.45) is 4.99 Å². The van der Waals surface area contributed by atoms with Crippen molar-refractivity contribution in [2.45, 2.75) is 38.0 Å². The van der Waals surface area contributed by atoms with Gasteiger partial charge in [-0.05, 0) is 37.5 Å². The largest absolute Gasteiger partial charge is 0.387 e. The van der Waals surface area contributed by atoms with E-state index >= 15 is 0 Å². The molecule has 3 N–H and O–H groups in total. The molecule has 3 heterocycles. The lowest BCUT2D eigenvalue weighted by atomic mass is 10.1. The number of thioether (sulfide) groups is 1. The topological polar surface area (TPSA) is 69.1 Å². The standard InChI is InChI=1S/C19H32N4O2S2/c1-3-20-18(22-13-19(24)6-10-26-14-19)21-11-16(17-5-4-9-27-17)23-7-8-25-15(2)12-23/h4-5,9,15-16,24H,3,6-8,10-14H2,1-2H3,(H2,20,21,22). The molecule has 3 rings (SSSR count). The average molecular weight is 413 g/mol. The number of aliphatic hydroxyl groups is 1. The number of hydrogen-bond donors (Lipinski definition) is 3. The Labute approximate surface area is 170 Å². The zero-order valence-corrected chi connectivity index (χ0v) is 18.0. The second kappa shape index (κ2) is 10.1. The van der Waals surface area contributed by atoms with Gasteiger partial charge in [0.25, 0.3) is 0 Å². The molecule has 2 fully saturated rings. The van der Waals surface area contributed by atoms with E-state index in [9.17, 15) is 5.11 Å². The van der Waals surface area contributed by atoms with Crippen molar-refractivity contribution >= 4 is 29.1 Å². The molecule has 2 saturated heterocycles. The van der Waals surface area contributed by atoms with Crippen LogP contribution in [0.25, 0.3) is 0 Å². The molecule has 0 spiro atoms. The number of rotatable bonds is 7. The molecule has 8 heteroatoms. The van der Waals surface area contributed by atoms with E-state index in [-0.39, 0.29) is 6.10 Å². The van der Waals surface area contributed by atoms with Gasteiger partial charge in [0, 0.05) is 36.8 Å². The van der Waals surface area contributed by atoms with Gasteiger partial charge in [-0.25, -0.2) is 0 Å². The lowest BCUT2D eigenvalue weighted by Gasteiger charge is -2.37. The molecule has 6 nitrogen and oxygen atoms in total. The van der Waals surface area contributed by atoms with Crippen molar-refractivity contribution in [1.29, 1.82) is 0 Å². The fraction of sp³-hybridized carbons (Fsp3) is 0.737. The van der Waals surface area contributed by atoms with Crippen LogP contribution in [0.4, 0.5) is 0 Å². The molecule has 0 bridgehead atoms. The summed E-state index contributed by atoms with van der Waals surface area (Å²) in [6, 6.07) is 4.62. The highest BCUT2D eigenvalue weighted by Gasteiger charge is 2.31. The van der Waals surface area contributed by atoms with Crippen LogP contribution in [0.1, 0.15) is 31.2 Å². The van der Waals surface area contributed by atoms with E-state index in [1.807, 2.05) is 0 Å². The van der Waals surface area contributed by atoms with Gasteiger partial charge in [-0.15, -0.1) is 11.3 Å². The minimum Gasteiger partial charge on any atom is -0.387 e. The van der Waals surface area contributed by atoms with Crippen molar-refractivity contribution in [3.8, 4) is 0 Å². The molecular weight excluding hydrogens is 380 g/mol. The summed E-state index contributed by atoms with van der Waals surface area (Å²) in [7, 11) is 0. The van der Waals surface area contributed by atoms with Crippen molar-refractivity contribution in [3.05, 3.63) is 22.4 Å². The fourth-order valence-electron chi connectivity index (χ4n) is 3.50. The zero-order valence-electron chi connectivity index (χ0n) is 16.3. The third-order valence-electron chi connectivity index (χ3n) is 5.01. The number of aliphatic imine (C=N–C) groups is 1. The third kappa shape index (κ3) is 6.09. The van der Waals surface area contributed by atoms with Crippen LogP contribution >= 0.6 is 23.1 Å². The number of ether oxygens (including phenoxy) is 1. The molecule has 2 aliphatic rings. The second-order valence-corrected chi connectivity index (χ2v) is 9.39. The summed E-state index contributed by atoms with van der Waals surface area (Å²) in [5.41, 5.74) is -0.653. The lowest BCUT2D eigenvalue weighted by molar-refractivity contribution is -0.0334. The highest BCUT2D eigenvalue weighted by molar-refractivity contribution is 7.99. The van der Waals surface area contributed by atoms with Gasteiger partial charge in [-0.1, -0.05) is 6.07 Å². The van der Waals surface area contributed by atoms with Crippen LogP contribution in [-0.4, -0.2) is 78.5 Å². The molecule has 3 atom stereocenters. The summed E-state index contributed by atoms with van der Waals surface area (Å²) in [6.07, 6.45) is 1.08. The number of morpholine rings is 1. The molecular formula is C19H32N4O2S2. The summed E-state index contributed by atoms with van der Waals surface area (Å²) in [4.78, 5) is 8.53. The van der Waals surface area contributed by atoms with Crippen LogP contribution in [-0.2, 0) is 4.74 Å². The van der Waals surface area contributed by atoms with Gasteiger partial charge < -0.3 is 20.5 Å². The quantitative estimate of drug-likeness (QED) is 0.470. The molecule has 2 aliphatic heterocycles. The van der Waals surface area contributed by atoms with Gasteiger partial charge in [0.1, 0.15) is 0 Å². The van der Waals surface area contributed by atoms with Crippen LogP contribution in [0.3, 0.4) is 0 Å². The van der Waals surface area contributed by atoms with Crippen LogP contribution in [0.15, 0.2) is 22.5 Å². The number of guanidine groups is 1. The van der Waals surface area contributed by atoms with Crippen molar-refractivity contribution in [1.82, 2.24) is 15.5 Å². The molecule has 1 aromatic heterocycles. The Balaban J connectivity index is 1.64. The molecule has 0 amide bonds. The molecule has 1 aromatic rings. The molecule has 0 aliphatic carbocycles. The van der Waals surface area contributed by atoms with E-state index in [1.54, 1.807) is 23.1 Å². The maximum atomic E-state index is 10.6. The van der Waals surface area contributed by atoms with Gasteiger partial charge in [0.15, 0.2) is 5.96 Å². The summed E-state index contributed by atoms with van der Waals surface area (Å²) >= 11 is 3.60. The summed E-state index contributed by atoms with van der Waals surface area (Å²) in [5.74, 6) is 2.58. The number of nitrogens with zero attached hydrogens (tertiary/aromatic N) is 2. The predicted octanol–water partition coefficient (Wildman–Crippen LogP) is 1.93. The second-order valence-electron chi connectivity index (χ2n) is 7.31. The van der Waals surface area contributed by atoms with Crippen LogP contribution in [0.2, 0.25) is 0 Å². The van der Waals surface area contributed by atoms with Gasteiger partial charge in [-0.2, -0.15) is 11.8 Å². The number of thiophene rings is 1. The Morgan fingerprint density at radius 2 is 2.41 bits per heavy atom. The lowest BCUT2D eigenvalue weighted by Crippen LogP contribution is -2.48. The first-order valence-electron chi connectivity index (χ1n) is 9.81. The van der Waals surface area contributed by atoms with E-state index < -0.39 is 5.60 Å². The van der Waals surface area contributed by atoms with Crippen LogP contribution < -0.4 is 10.6 Å². The first-order chi connectivity index (χ1) is 13.1. The Morgan fingerprint density at radius 3 is 3.07 bits per heavy atom.